The Morgan fingerprint density at radius 2 is 1.84 bits per heavy atom. The fourth-order valence-electron chi connectivity index (χ4n) is 7.34. The number of benzene rings is 1. The molecule has 222 valence electrons. The predicted octanol–water partition coefficient (Wildman–Crippen LogP) is 8.55. The van der Waals surface area contributed by atoms with Gasteiger partial charge >= 0.3 is 5.97 Å². The Morgan fingerprint density at radius 1 is 1.02 bits per heavy atom. The molecule has 1 N–H and O–H groups in total. The first kappa shape index (κ1) is 27.9. The average molecular weight is 596 g/mol. The summed E-state index contributed by atoms with van der Waals surface area (Å²) in [6, 6.07) is 14.6. The minimum absolute atomic E-state index is 0.0966. The molecule has 1 amide bonds. The van der Waals surface area contributed by atoms with E-state index in [4.69, 9.17) is 9.40 Å². The van der Waals surface area contributed by atoms with Crippen molar-refractivity contribution in [3.8, 4) is 22.5 Å². The number of rotatable bonds is 6. The van der Waals surface area contributed by atoms with Gasteiger partial charge in [0.1, 0.15) is 22.9 Å². The molecule has 8 heteroatoms. The largest absolute Gasteiger partial charge is 0.477 e. The fraction of sp³-hybridized carbons (Fsp3) is 0.400. The van der Waals surface area contributed by atoms with Crippen molar-refractivity contribution in [3.63, 3.8) is 0 Å². The number of carboxylic acid groups (broad SMARTS) is 1. The van der Waals surface area contributed by atoms with Crippen LogP contribution >= 0.6 is 11.3 Å². The smallest absolute Gasteiger partial charge is 0.345 e. The first-order valence-corrected chi connectivity index (χ1v) is 16.3. The molecule has 1 aliphatic heterocycles. The van der Waals surface area contributed by atoms with E-state index in [-0.39, 0.29) is 18.5 Å². The van der Waals surface area contributed by atoms with Crippen molar-refractivity contribution < 1.29 is 19.1 Å². The molecule has 0 spiro atoms. The molecule has 7 rings (SSSR count). The number of likely N-dealkylation sites (tertiary alicyclic amines) is 1. The normalized spacial score (nSPS) is 17.8. The van der Waals surface area contributed by atoms with Gasteiger partial charge in [0, 0.05) is 23.5 Å². The summed E-state index contributed by atoms with van der Waals surface area (Å²) in [6.45, 7) is 7.01. The highest BCUT2D eigenvalue weighted by Crippen LogP contribution is 2.47. The minimum Gasteiger partial charge on any atom is -0.477 e. The number of aromatic carboxylic acids is 1. The van der Waals surface area contributed by atoms with E-state index in [9.17, 15) is 14.7 Å². The number of nitrogens with zero attached hydrogens (tertiary/aromatic N) is 3. The maximum Gasteiger partial charge on any atom is 0.345 e. The van der Waals surface area contributed by atoms with Gasteiger partial charge in [0.25, 0.3) is 0 Å². The van der Waals surface area contributed by atoms with Gasteiger partial charge in [0.2, 0.25) is 5.91 Å². The number of carboxylic acids is 1. The van der Waals surface area contributed by atoms with Crippen molar-refractivity contribution in [3.05, 3.63) is 64.4 Å². The topological polar surface area (TPSA) is 88.6 Å². The summed E-state index contributed by atoms with van der Waals surface area (Å²) in [4.78, 5) is 33.2. The number of thiophene rings is 1. The zero-order valence-electron chi connectivity index (χ0n) is 25.0. The van der Waals surface area contributed by atoms with Crippen molar-refractivity contribution in [2.75, 3.05) is 6.54 Å². The van der Waals surface area contributed by atoms with Gasteiger partial charge in [-0.3, -0.25) is 4.79 Å². The van der Waals surface area contributed by atoms with Crippen molar-refractivity contribution in [1.29, 1.82) is 0 Å². The van der Waals surface area contributed by atoms with Gasteiger partial charge in [0.05, 0.1) is 27.1 Å². The lowest BCUT2D eigenvalue weighted by atomic mass is 9.83. The number of furan rings is 1. The molecule has 1 aromatic carbocycles. The highest BCUT2D eigenvalue weighted by atomic mass is 32.1. The number of amides is 1. The number of fused-ring (bicyclic) bond motifs is 2. The quantitative estimate of drug-likeness (QED) is 0.212. The average Bonchev–Trinajstić information content (AvgIpc) is 3.77. The molecule has 2 aliphatic rings. The van der Waals surface area contributed by atoms with E-state index in [0.717, 1.165) is 100 Å². The Hall–Kier alpha value is -3.91. The summed E-state index contributed by atoms with van der Waals surface area (Å²) in [5.41, 5.74) is 6.95. The number of hydrogen-bond donors (Lipinski definition) is 1. The maximum atomic E-state index is 13.8. The molecule has 7 nitrogen and oxygen atoms in total. The molecular formula is C35H37N3O4S. The molecule has 5 aromatic rings. The van der Waals surface area contributed by atoms with Gasteiger partial charge in [-0.2, -0.15) is 0 Å². The highest BCUT2D eigenvalue weighted by Gasteiger charge is 2.32. The molecule has 4 aromatic heterocycles. The molecule has 0 radical (unpaired) electrons. The third-order valence-corrected chi connectivity index (χ3v) is 10.6. The molecule has 1 aliphatic carbocycles. The second-order valence-corrected chi connectivity index (χ2v) is 13.4. The van der Waals surface area contributed by atoms with Crippen molar-refractivity contribution in [2.45, 2.75) is 84.2 Å². The molecular weight excluding hydrogens is 558 g/mol. The molecule has 0 bridgehead atoms. The van der Waals surface area contributed by atoms with E-state index in [1.807, 2.05) is 30.9 Å². The minimum atomic E-state index is -0.918. The molecule has 1 unspecified atom stereocenters. The van der Waals surface area contributed by atoms with Gasteiger partial charge < -0.3 is 19.0 Å². The van der Waals surface area contributed by atoms with Gasteiger partial charge in [0.15, 0.2) is 0 Å². The van der Waals surface area contributed by atoms with Crippen LogP contribution in [0.2, 0.25) is 0 Å². The SMILES string of the molecule is Cc1cc(-c2ccc3cc(-c4c(C5CCCCC5)c5sc(C(=O)O)cc5n4CC(=O)N4CCCC4C)ccc3n2)c(C)o1. The van der Waals surface area contributed by atoms with Crippen LogP contribution in [0.15, 0.2) is 46.9 Å². The monoisotopic (exact) mass is 595 g/mol. The van der Waals surface area contributed by atoms with E-state index in [1.54, 1.807) is 6.07 Å². The van der Waals surface area contributed by atoms with E-state index in [0.29, 0.717) is 10.8 Å². The molecule has 5 heterocycles. The number of hydrogen-bond acceptors (Lipinski definition) is 5. The highest BCUT2D eigenvalue weighted by molar-refractivity contribution is 7.21. The van der Waals surface area contributed by atoms with Crippen LogP contribution in [-0.2, 0) is 11.3 Å². The zero-order chi connectivity index (χ0) is 29.8. The van der Waals surface area contributed by atoms with E-state index >= 15 is 0 Å². The molecule has 43 heavy (non-hydrogen) atoms. The molecule has 2 fully saturated rings. The Kier molecular flexibility index (Phi) is 7.12. The Bertz CT molecular complexity index is 1870. The number of carbonyl (C=O) groups excluding carboxylic acids is 1. The van der Waals surface area contributed by atoms with E-state index in [1.165, 1.54) is 23.3 Å². The summed E-state index contributed by atoms with van der Waals surface area (Å²) in [6.07, 6.45) is 7.74. The summed E-state index contributed by atoms with van der Waals surface area (Å²) in [5.74, 6) is 1.23. The zero-order valence-corrected chi connectivity index (χ0v) is 25.8. The Morgan fingerprint density at radius 3 is 2.53 bits per heavy atom. The van der Waals surface area contributed by atoms with Crippen LogP contribution in [0.5, 0.6) is 0 Å². The lowest BCUT2D eigenvalue weighted by Gasteiger charge is -2.25. The third-order valence-electron chi connectivity index (χ3n) is 9.44. The second-order valence-electron chi connectivity index (χ2n) is 12.3. The van der Waals surface area contributed by atoms with Gasteiger partial charge in [-0.25, -0.2) is 9.78 Å². The van der Waals surface area contributed by atoms with Crippen LogP contribution in [-0.4, -0.2) is 44.0 Å². The van der Waals surface area contributed by atoms with E-state index in [2.05, 4.69) is 35.8 Å². The molecule has 1 saturated carbocycles. The van der Waals surface area contributed by atoms with Gasteiger partial charge in [-0.15, -0.1) is 11.3 Å². The number of aryl methyl sites for hydroxylation is 2. The number of aromatic nitrogens is 2. The van der Waals surface area contributed by atoms with Crippen molar-refractivity contribution in [1.82, 2.24) is 14.5 Å². The lowest BCUT2D eigenvalue weighted by molar-refractivity contribution is -0.132. The first-order valence-electron chi connectivity index (χ1n) is 15.5. The second kappa shape index (κ2) is 11.0. The first-order chi connectivity index (χ1) is 20.8. The van der Waals surface area contributed by atoms with Gasteiger partial charge in [-0.05, 0) is 93.8 Å². The third kappa shape index (κ3) is 4.95. The molecule has 1 saturated heterocycles. The number of carbonyl (C=O) groups is 2. The van der Waals surface area contributed by atoms with Crippen LogP contribution in [0.25, 0.3) is 43.6 Å². The predicted molar refractivity (Wildman–Crippen MR) is 171 cm³/mol. The van der Waals surface area contributed by atoms with Crippen LogP contribution in [0, 0.1) is 13.8 Å². The Balaban J connectivity index is 1.40. The van der Waals surface area contributed by atoms with Crippen LogP contribution in [0.4, 0.5) is 0 Å². The lowest BCUT2D eigenvalue weighted by Crippen LogP contribution is -2.36. The van der Waals surface area contributed by atoms with Crippen LogP contribution in [0.1, 0.15) is 84.5 Å². The van der Waals surface area contributed by atoms with Crippen molar-refractivity contribution in [2.24, 2.45) is 0 Å². The Labute approximate surface area is 255 Å². The fourth-order valence-corrected chi connectivity index (χ4v) is 8.46. The van der Waals surface area contributed by atoms with E-state index < -0.39 is 5.97 Å². The maximum absolute atomic E-state index is 13.8. The molecule has 1 atom stereocenters. The standard InChI is InChI=1S/C35H37N3O4S/c1-20-8-7-15-37(20)31(39)19-38-29-18-30(35(40)41)43-34(29)32(23-9-5-4-6-10-23)33(38)25-12-13-27-24(17-25)11-14-28(36-27)26-16-21(2)42-22(26)3/h11-14,16-18,20,23H,4-10,15,19H2,1-3H3,(H,40,41). The summed E-state index contributed by atoms with van der Waals surface area (Å²) >= 11 is 1.36. The van der Waals surface area contributed by atoms with Gasteiger partial charge in [-0.1, -0.05) is 31.4 Å². The number of pyridine rings is 1. The van der Waals surface area contributed by atoms with Crippen molar-refractivity contribution >= 4 is 44.3 Å². The van der Waals surface area contributed by atoms with Crippen LogP contribution < -0.4 is 0 Å². The summed E-state index contributed by atoms with van der Waals surface area (Å²) in [7, 11) is 0. The summed E-state index contributed by atoms with van der Waals surface area (Å²) < 4.78 is 8.89. The summed E-state index contributed by atoms with van der Waals surface area (Å²) in [5, 5.41) is 11.0. The van der Waals surface area contributed by atoms with Crippen LogP contribution in [0.3, 0.4) is 0 Å².